The highest BCUT2D eigenvalue weighted by molar-refractivity contribution is 5.49. The van der Waals surface area contributed by atoms with Crippen molar-refractivity contribution in [1.82, 2.24) is 0 Å². The van der Waals surface area contributed by atoms with Crippen LogP contribution in [0.1, 0.15) is 24.0 Å². The summed E-state index contributed by atoms with van der Waals surface area (Å²) >= 11 is 0. The van der Waals surface area contributed by atoms with Crippen LogP contribution in [-0.2, 0) is 11.3 Å². The molecule has 0 aromatic heterocycles. The van der Waals surface area contributed by atoms with Crippen molar-refractivity contribution in [3.8, 4) is 11.5 Å². The molecule has 0 radical (unpaired) electrons. The minimum atomic E-state index is 0.291. The number of fused-ring (bicyclic) bond motifs is 1. The first kappa shape index (κ1) is 11.2. The standard InChI is InChI=1S/C12H17NO3/c1-8(5-13)10-4-12-11(15-7-16-12)3-9(10)6-14-2/h3-4,8H,5-7,13H2,1-2H3. The fourth-order valence-corrected chi connectivity index (χ4v) is 1.87. The van der Waals surface area contributed by atoms with E-state index in [2.05, 4.69) is 6.92 Å². The quantitative estimate of drug-likeness (QED) is 0.842. The predicted octanol–water partition coefficient (Wildman–Crippen LogP) is 1.62. The zero-order chi connectivity index (χ0) is 11.5. The molecule has 2 rings (SSSR count). The van der Waals surface area contributed by atoms with Gasteiger partial charge in [0.25, 0.3) is 0 Å². The van der Waals surface area contributed by atoms with Crippen LogP contribution in [0.3, 0.4) is 0 Å². The van der Waals surface area contributed by atoms with E-state index in [1.807, 2.05) is 12.1 Å². The number of methoxy groups -OCH3 is 1. The summed E-state index contributed by atoms with van der Waals surface area (Å²) in [6, 6.07) is 3.99. The highest BCUT2D eigenvalue weighted by Crippen LogP contribution is 2.37. The average Bonchev–Trinajstić information content (AvgIpc) is 2.74. The maximum absolute atomic E-state index is 5.70. The number of rotatable bonds is 4. The highest BCUT2D eigenvalue weighted by Gasteiger charge is 2.19. The Bertz CT molecular complexity index is 379. The largest absolute Gasteiger partial charge is 0.454 e. The first-order chi connectivity index (χ1) is 7.76. The van der Waals surface area contributed by atoms with Gasteiger partial charge in [-0.15, -0.1) is 0 Å². The number of hydrogen-bond donors (Lipinski definition) is 1. The van der Waals surface area contributed by atoms with E-state index in [0.717, 1.165) is 17.1 Å². The van der Waals surface area contributed by atoms with E-state index >= 15 is 0 Å². The van der Waals surface area contributed by atoms with Crippen LogP contribution in [0.4, 0.5) is 0 Å². The van der Waals surface area contributed by atoms with Crippen molar-refractivity contribution in [3.05, 3.63) is 23.3 Å². The topological polar surface area (TPSA) is 53.7 Å². The Balaban J connectivity index is 2.40. The SMILES string of the molecule is COCc1cc2c(cc1C(C)CN)OCO2. The van der Waals surface area contributed by atoms with E-state index in [-0.39, 0.29) is 0 Å². The van der Waals surface area contributed by atoms with Crippen molar-refractivity contribution in [1.29, 1.82) is 0 Å². The Kier molecular flexibility index (Phi) is 3.31. The van der Waals surface area contributed by atoms with E-state index < -0.39 is 0 Å². The molecule has 1 heterocycles. The number of nitrogens with two attached hydrogens (primary N) is 1. The second-order valence-electron chi connectivity index (χ2n) is 3.97. The van der Waals surface area contributed by atoms with Crippen molar-refractivity contribution < 1.29 is 14.2 Å². The van der Waals surface area contributed by atoms with E-state index in [1.165, 1.54) is 5.56 Å². The van der Waals surface area contributed by atoms with Gasteiger partial charge in [0, 0.05) is 7.11 Å². The summed E-state index contributed by atoms with van der Waals surface area (Å²) in [6.07, 6.45) is 0. The molecule has 0 bridgehead atoms. The molecule has 0 spiro atoms. The molecule has 0 saturated carbocycles. The minimum absolute atomic E-state index is 0.291. The van der Waals surface area contributed by atoms with Crippen molar-refractivity contribution in [3.63, 3.8) is 0 Å². The van der Waals surface area contributed by atoms with Gasteiger partial charge in [-0.2, -0.15) is 0 Å². The molecular weight excluding hydrogens is 206 g/mol. The number of hydrogen-bond acceptors (Lipinski definition) is 4. The van der Waals surface area contributed by atoms with E-state index in [9.17, 15) is 0 Å². The first-order valence-corrected chi connectivity index (χ1v) is 5.37. The molecule has 1 aliphatic heterocycles. The third kappa shape index (κ3) is 1.99. The zero-order valence-corrected chi connectivity index (χ0v) is 9.66. The van der Waals surface area contributed by atoms with E-state index in [1.54, 1.807) is 7.11 Å². The highest BCUT2D eigenvalue weighted by atomic mass is 16.7. The van der Waals surface area contributed by atoms with E-state index in [0.29, 0.717) is 25.9 Å². The van der Waals surface area contributed by atoms with Crippen LogP contribution in [0.5, 0.6) is 11.5 Å². The van der Waals surface area contributed by atoms with Gasteiger partial charge in [-0.25, -0.2) is 0 Å². The smallest absolute Gasteiger partial charge is 0.231 e. The lowest BCUT2D eigenvalue weighted by Crippen LogP contribution is -2.11. The zero-order valence-electron chi connectivity index (χ0n) is 9.66. The number of ether oxygens (including phenoxy) is 3. The Labute approximate surface area is 95.3 Å². The van der Waals surface area contributed by atoms with Crippen LogP contribution in [0.15, 0.2) is 12.1 Å². The van der Waals surface area contributed by atoms with Gasteiger partial charge in [0.05, 0.1) is 6.61 Å². The molecule has 88 valence electrons. The van der Waals surface area contributed by atoms with Gasteiger partial charge in [-0.3, -0.25) is 0 Å². The molecule has 0 amide bonds. The maximum Gasteiger partial charge on any atom is 0.231 e. The summed E-state index contributed by atoms with van der Waals surface area (Å²) in [7, 11) is 1.68. The molecule has 1 atom stereocenters. The van der Waals surface area contributed by atoms with Gasteiger partial charge in [0.2, 0.25) is 6.79 Å². The summed E-state index contributed by atoms with van der Waals surface area (Å²) < 4.78 is 15.9. The molecule has 1 aromatic carbocycles. The summed E-state index contributed by atoms with van der Waals surface area (Å²) in [4.78, 5) is 0. The summed E-state index contributed by atoms with van der Waals surface area (Å²) in [6.45, 7) is 3.56. The van der Waals surface area contributed by atoms with Crippen LogP contribution in [0.2, 0.25) is 0 Å². The van der Waals surface area contributed by atoms with Gasteiger partial charge in [0.1, 0.15) is 0 Å². The molecule has 4 nitrogen and oxygen atoms in total. The summed E-state index contributed by atoms with van der Waals surface area (Å²) in [5, 5.41) is 0. The Hall–Kier alpha value is -1.26. The normalized spacial score (nSPS) is 15.2. The third-order valence-corrected chi connectivity index (χ3v) is 2.82. The second kappa shape index (κ2) is 4.72. The Morgan fingerprint density at radius 3 is 2.69 bits per heavy atom. The van der Waals surface area contributed by atoms with Gasteiger partial charge < -0.3 is 19.9 Å². The molecule has 0 saturated heterocycles. The molecule has 16 heavy (non-hydrogen) atoms. The molecule has 1 unspecified atom stereocenters. The van der Waals surface area contributed by atoms with Crippen LogP contribution in [0.25, 0.3) is 0 Å². The average molecular weight is 223 g/mol. The lowest BCUT2D eigenvalue weighted by Gasteiger charge is -2.15. The fraction of sp³-hybridized carbons (Fsp3) is 0.500. The predicted molar refractivity (Wildman–Crippen MR) is 60.7 cm³/mol. The fourth-order valence-electron chi connectivity index (χ4n) is 1.87. The van der Waals surface area contributed by atoms with Crippen molar-refractivity contribution >= 4 is 0 Å². The molecule has 2 N–H and O–H groups in total. The summed E-state index contributed by atoms with van der Waals surface area (Å²) in [5.41, 5.74) is 7.99. The lowest BCUT2D eigenvalue weighted by molar-refractivity contribution is 0.173. The summed E-state index contributed by atoms with van der Waals surface area (Å²) in [5.74, 6) is 1.88. The van der Waals surface area contributed by atoms with Crippen LogP contribution < -0.4 is 15.2 Å². The monoisotopic (exact) mass is 223 g/mol. The number of benzene rings is 1. The van der Waals surface area contributed by atoms with E-state index in [4.69, 9.17) is 19.9 Å². The molecule has 0 aliphatic carbocycles. The van der Waals surface area contributed by atoms with Crippen molar-refractivity contribution in [2.24, 2.45) is 5.73 Å². The molecule has 4 heteroatoms. The van der Waals surface area contributed by atoms with Gasteiger partial charge in [-0.05, 0) is 35.7 Å². The van der Waals surface area contributed by atoms with Crippen molar-refractivity contribution in [2.45, 2.75) is 19.4 Å². The Morgan fingerprint density at radius 2 is 2.06 bits per heavy atom. The van der Waals surface area contributed by atoms with Crippen LogP contribution in [-0.4, -0.2) is 20.4 Å². The lowest BCUT2D eigenvalue weighted by atomic mass is 9.95. The molecule has 1 aromatic rings. The Morgan fingerprint density at radius 1 is 1.38 bits per heavy atom. The third-order valence-electron chi connectivity index (χ3n) is 2.82. The molecule has 1 aliphatic rings. The molecular formula is C12H17NO3. The van der Waals surface area contributed by atoms with Gasteiger partial charge in [0.15, 0.2) is 11.5 Å². The van der Waals surface area contributed by atoms with Crippen LogP contribution in [0, 0.1) is 0 Å². The molecule has 0 fully saturated rings. The van der Waals surface area contributed by atoms with Gasteiger partial charge >= 0.3 is 0 Å². The minimum Gasteiger partial charge on any atom is -0.454 e. The second-order valence-corrected chi connectivity index (χ2v) is 3.97. The first-order valence-electron chi connectivity index (χ1n) is 5.37. The van der Waals surface area contributed by atoms with Crippen LogP contribution >= 0.6 is 0 Å². The van der Waals surface area contributed by atoms with Gasteiger partial charge in [-0.1, -0.05) is 6.92 Å². The maximum atomic E-state index is 5.70. The van der Waals surface area contributed by atoms with Crippen molar-refractivity contribution in [2.75, 3.05) is 20.4 Å².